The third-order valence-electron chi connectivity index (χ3n) is 5.33. The fraction of sp³-hybridized carbons (Fsp3) is 0.208. The van der Waals surface area contributed by atoms with Gasteiger partial charge in [0, 0.05) is 42.9 Å². The lowest BCUT2D eigenvalue weighted by Gasteiger charge is -2.14. The molecule has 0 atom stereocenters. The molecule has 1 amide bonds. The van der Waals surface area contributed by atoms with Crippen molar-refractivity contribution in [1.29, 1.82) is 0 Å². The number of carbonyl (C=O) groups excluding carboxylic acids is 1. The summed E-state index contributed by atoms with van der Waals surface area (Å²) in [6, 6.07) is 10.7. The van der Waals surface area contributed by atoms with Gasteiger partial charge in [-0.3, -0.25) is 29.1 Å². The molecule has 0 bridgehead atoms. The van der Waals surface area contributed by atoms with E-state index in [-0.39, 0.29) is 23.4 Å². The highest BCUT2D eigenvalue weighted by Crippen LogP contribution is 2.25. The maximum atomic E-state index is 12.7. The number of benzene rings is 1. The Bertz CT molecular complexity index is 1400. The number of fused-ring (bicyclic) bond motifs is 1. The summed E-state index contributed by atoms with van der Waals surface area (Å²) >= 11 is 6.30. The van der Waals surface area contributed by atoms with Crippen LogP contribution >= 0.6 is 11.6 Å². The number of carbonyl (C=O) groups is 1. The number of amides is 1. The van der Waals surface area contributed by atoms with Crippen molar-refractivity contribution >= 4 is 34.1 Å². The molecule has 0 unspecified atom stereocenters. The van der Waals surface area contributed by atoms with Crippen LogP contribution in [0, 0.1) is 0 Å². The number of hydrogen-bond donors (Lipinski definition) is 3. The van der Waals surface area contributed by atoms with Crippen LogP contribution < -0.4 is 21.9 Å². The van der Waals surface area contributed by atoms with E-state index in [0.717, 1.165) is 11.1 Å². The van der Waals surface area contributed by atoms with Crippen molar-refractivity contribution in [2.45, 2.75) is 19.4 Å². The first-order valence-electron chi connectivity index (χ1n) is 10.8. The normalized spacial score (nSPS) is 10.9. The van der Waals surface area contributed by atoms with Gasteiger partial charge in [0.05, 0.1) is 16.6 Å². The molecule has 3 N–H and O–H groups in total. The summed E-state index contributed by atoms with van der Waals surface area (Å²) in [5.74, 6) is -0.350. The molecule has 4 aromatic rings. The zero-order valence-corrected chi connectivity index (χ0v) is 19.0. The minimum absolute atomic E-state index is 0.251. The molecule has 0 spiro atoms. The van der Waals surface area contributed by atoms with Crippen molar-refractivity contribution in [2.24, 2.45) is 0 Å². The first-order valence-corrected chi connectivity index (χ1v) is 11.1. The summed E-state index contributed by atoms with van der Waals surface area (Å²) in [6.07, 6.45) is 8.15. The fourth-order valence-corrected chi connectivity index (χ4v) is 3.88. The Balaban J connectivity index is 1.53. The smallest absolute Gasteiger partial charge is 0.329 e. The molecule has 0 saturated heterocycles. The van der Waals surface area contributed by atoms with Gasteiger partial charge in [-0.25, -0.2) is 4.79 Å². The molecule has 3 aromatic heterocycles. The molecule has 0 aliphatic carbocycles. The first kappa shape index (κ1) is 23.2. The predicted molar refractivity (Wildman–Crippen MR) is 131 cm³/mol. The van der Waals surface area contributed by atoms with E-state index in [1.54, 1.807) is 30.9 Å². The molecular weight excluding hydrogens is 456 g/mol. The minimum Gasteiger partial charge on any atom is -0.384 e. The Morgan fingerprint density at radius 1 is 0.941 bits per heavy atom. The third kappa shape index (κ3) is 5.68. The molecule has 4 rings (SSSR count). The summed E-state index contributed by atoms with van der Waals surface area (Å²) in [5, 5.41) is 6.64. The van der Waals surface area contributed by atoms with Crippen LogP contribution in [0.25, 0.3) is 10.9 Å². The van der Waals surface area contributed by atoms with Crippen LogP contribution in [0.1, 0.15) is 11.1 Å². The monoisotopic (exact) mass is 478 g/mol. The standard InChI is InChI=1S/C24H23ClN6O3/c25-18-13-19(28-11-5-16-1-7-26-8-2-16)22-20(14-18)31(24(34)30-23(22)33)15-21(32)29-12-6-17-3-9-27-10-4-17/h1-4,7-10,13-14,28H,5-6,11-12,15H2,(H,29,32)(H,30,33,34). The topological polar surface area (TPSA) is 122 Å². The first-order chi connectivity index (χ1) is 16.5. The van der Waals surface area contributed by atoms with Crippen LogP contribution in [0.4, 0.5) is 5.69 Å². The second kappa shape index (κ2) is 10.8. The number of H-pyrrole nitrogens is 1. The summed E-state index contributed by atoms with van der Waals surface area (Å²) in [4.78, 5) is 48.1. The summed E-state index contributed by atoms with van der Waals surface area (Å²) in [7, 11) is 0. The maximum Gasteiger partial charge on any atom is 0.329 e. The van der Waals surface area contributed by atoms with Gasteiger partial charge < -0.3 is 10.6 Å². The van der Waals surface area contributed by atoms with Crippen LogP contribution in [0.15, 0.2) is 70.8 Å². The number of hydrogen-bond acceptors (Lipinski definition) is 6. The van der Waals surface area contributed by atoms with E-state index in [0.29, 0.717) is 36.6 Å². The zero-order chi connectivity index (χ0) is 23.9. The van der Waals surface area contributed by atoms with Gasteiger partial charge in [0.25, 0.3) is 5.56 Å². The average molecular weight is 479 g/mol. The molecule has 0 saturated carbocycles. The highest BCUT2D eigenvalue weighted by Gasteiger charge is 2.15. The number of nitrogens with one attached hydrogen (secondary N) is 3. The number of aromatic nitrogens is 4. The third-order valence-corrected chi connectivity index (χ3v) is 5.55. The molecule has 10 heteroatoms. The average Bonchev–Trinajstić information content (AvgIpc) is 2.82. The molecule has 174 valence electrons. The summed E-state index contributed by atoms with van der Waals surface area (Å²) in [6.45, 7) is 0.689. The molecule has 3 heterocycles. The van der Waals surface area contributed by atoms with Gasteiger partial charge >= 0.3 is 5.69 Å². The van der Waals surface area contributed by atoms with E-state index in [1.807, 2.05) is 24.3 Å². The Morgan fingerprint density at radius 2 is 1.56 bits per heavy atom. The number of pyridine rings is 2. The fourth-order valence-electron chi connectivity index (χ4n) is 3.66. The van der Waals surface area contributed by atoms with Gasteiger partial charge in [-0.15, -0.1) is 0 Å². The van der Waals surface area contributed by atoms with Crippen molar-refractivity contribution in [3.05, 3.63) is 98.2 Å². The lowest BCUT2D eigenvalue weighted by atomic mass is 10.1. The number of aromatic amines is 1. The van der Waals surface area contributed by atoms with E-state index in [2.05, 4.69) is 25.6 Å². The van der Waals surface area contributed by atoms with Gasteiger partial charge in [-0.05, 0) is 60.4 Å². The van der Waals surface area contributed by atoms with Gasteiger partial charge in [-0.2, -0.15) is 0 Å². The van der Waals surface area contributed by atoms with E-state index in [4.69, 9.17) is 11.6 Å². The number of rotatable bonds is 9. The van der Waals surface area contributed by atoms with Crippen molar-refractivity contribution in [2.75, 3.05) is 18.4 Å². The van der Waals surface area contributed by atoms with Gasteiger partial charge in [0.15, 0.2) is 0 Å². The number of anilines is 1. The van der Waals surface area contributed by atoms with Crippen LogP contribution in [-0.2, 0) is 24.2 Å². The molecule has 9 nitrogen and oxygen atoms in total. The molecule has 0 radical (unpaired) electrons. The van der Waals surface area contributed by atoms with Crippen molar-refractivity contribution in [1.82, 2.24) is 24.8 Å². The highest BCUT2D eigenvalue weighted by atomic mass is 35.5. The van der Waals surface area contributed by atoms with E-state index in [9.17, 15) is 14.4 Å². The lowest BCUT2D eigenvalue weighted by molar-refractivity contribution is -0.121. The van der Waals surface area contributed by atoms with Crippen LogP contribution in [0.3, 0.4) is 0 Å². The summed E-state index contributed by atoms with van der Waals surface area (Å²) < 4.78 is 1.22. The Morgan fingerprint density at radius 3 is 2.21 bits per heavy atom. The zero-order valence-electron chi connectivity index (χ0n) is 18.3. The quantitative estimate of drug-likeness (QED) is 0.339. The minimum atomic E-state index is -0.674. The largest absolute Gasteiger partial charge is 0.384 e. The van der Waals surface area contributed by atoms with Gasteiger partial charge in [-0.1, -0.05) is 11.6 Å². The predicted octanol–water partition coefficient (Wildman–Crippen LogP) is 2.15. The number of nitrogens with zero attached hydrogens (tertiary/aromatic N) is 3. The molecular formula is C24H23ClN6O3. The Hall–Kier alpha value is -3.98. The van der Waals surface area contributed by atoms with Crippen LogP contribution in [0.2, 0.25) is 5.02 Å². The van der Waals surface area contributed by atoms with E-state index in [1.165, 1.54) is 10.6 Å². The SMILES string of the molecule is O=C(Cn1c(=O)[nH]c(=O)c2c(NCCc3ccncc3)cc(Cl)cc21)NCCc1ccncc1. The molecule has 0 fully saturated rings. The van der Waals surface area contributed by atoms with Crippen LogP contribution in [0.5, 0.6) is 0 Å². The van der Waals surface area contributed by atoms with Crippen LogP contribution in [-0.4, -0.2) is 38.5 Å². The molecule has 0 aliphatic heterocycles. The molecule has 34 heavy (non-hydrogen) atoms. The van der Waals surface area contributed by atoms with E-state index < -0.39 is 11.2 Å². The highest BCUT2D eigenvalue weighted by molar-refractivity contribution is 6.31. The van der Waals surface area contributed by atoms with Crippen molar-refractivity contribution in [3.63, 3.8) is 0 Å². The summed E-state index contributed by atoms with van der Waals surface area (Å²) in [5.41, 5.74) is 1.69. The van der Waals surface area contributed by atoms with Crippen molar-refractivity contribution < 1.29 is 4.79 Å². The molecule has 0 aliphatic rings. The van der Waals surface area contributed by atoms with E-state index >= 15 is 0 Å². The second-order valence-electron chi connectivity index (χ2n) is 7.68. The van der Waals surface area contributed by atoms with Crippen molar-refractivity contribution in [3.8, 4) is 0 Å². The Labute approximate surface area is 199 Å². The molecule has 1 aromatic carbocycles. The van der Waals surface area contributed by atoms with Gasteiger partial charge in [0.2, 0.25) is 5.91 Å². The number of halogens is 1. The maximum absolute atomic E-state index is 12.7. The van der Waals surface area contributed by atoms with Gasteiger partial charge in [0.1, 0.15) is 6.54 Å². The second-order valence-corrected chi connectivity index (χ2v) is 8.12. The lowest BCUT2D eigenvalue weighted by Crippen LogP contribution is -2.37. The Kier molecular flexibility index (Phi) is 7.34.